The lowest BCUT2D eigenvalue weighted by Crippen LogP contribution is -2.43. The highest BCUT2D eigenvalue weighted by Gasteiger charge is 2.26. The van der Waals surface area contributed by atoms with Crippen LogP contribution in [0.15, 0.2) is 48.7 Å². The molecule has 1 aromatic heterocycles. The monoisotopic (exact) mass is 465 g/mol. The Hall–Kier alpha value is -4.06. The van der Waals surface area contributed by atoms with Crippen LogP contribution in [0.3, 0.4) is 0 Å². The molecule has 1 heterocycles. The summed E-state index contributed by atoms with van der Waals surface area (Å²) in [5.41, 5.74) is 0.814. The van der Waals surface area contributed by atoms with Crippen molar-refractivity contribution in [1.82, 2.24) is 15.3 Å². The van der Waals surface area contributed by atoms with E-state index in [4.69, 9.17) is 4.74 Å². The van der Waals surface area contributed by atoms with Gasteiger partial charge >= 0.3 is 6.09 Å². The van der Waals surface area contributed by atoms with Crippen molar-refractivity contribution in [3.63, 3.8) is 0 Å². The minimum absolute atomic E-state index is 0.0787. The number of nitrogens with one attached hydrogen (secondary N) is 2. The lowest BCUT2D eigenvalue weighted by molar-refractivity contribution is 0.0470. The number of ether oxygens (including phenoxy) is 1. The smallest absolute Gasteiger partial charge is 0.408 e. The van der Waals surface area contributed by atoms with E-state index in [1.807, 2.05) is 32.0 Å². The van der Waals surface area contributed by atoms with Gasteiger partial charge in [-0.05, 0) is 52.3 Å². The Bertz CT molecular complexity index is 1230. The summed E-state index contributed by atoms with van der Waals surface area (Å²) < 4.78 is 32.3. The first-order chi connectivity index (χ1) is 15.9. The molecule has 9 heteroatoms. The molecule has 3 rings (SSSR count). The van der Waals surface area contributed by atoms with Gasteiger partial charge in [0.1, 0.15) is 23.3 Å². The van der Waals surface area contributed by atoms with Crippen LogP contribution in [0.1, 0.15) is 45.7 Å². The quantitative estimate of drug-likeness (QED) is 0.494. The first-order valence-corrected chi connectivity index (χ1v) is 10.5. The van der Waals surface area contributed by atoms with Gasteiger partial charge in [0.05, 0.1) is 23.0 Å². The highest BCUT2D eigenvalue weighted by Crippen LogP contribution is 2.27. The molecule has 0 radical (unpaired) electrons. The second kappa shape index (κ2) is 9.43. The molecule has 0 unspecified atom stereocenters. The van der Waals surface area contributed by atoms with Crippen LogP contribution < -0.4 is 10.6 Å². The molecule has 0 bridgehead atoms. The van der Waals surface area contributed by atoms with Crippen molar-refractivity contribution in [2.45, 2.75) is 45.8 Å². The average Bonchev–Trinajstić information content (AvgIpc) is 2.71. The Morgan fingerprint density at radius 1 is 1.03 bits per heavy atom. The van der Waals surface area contributed by atoms with E-state index in [1.165, 1.54) is 6.20 Å². The summed E-state index contributed by atoms with van der Waals surface area (Å²) in [5, 5.41) is 15.1. The molecule has 0 aliphatic carbocycles. The summed E-state index contributed by atoms with van der Waals surface area (Å²) in [5.74, 6) is -1.40. The second-order valence-corrected chi connectivity index (χ2v) is 9.18. The topological polar surface area (TPSA) is 99.9 Å². The zero-order valence-corrected chi connectivity index (χ0v) is 19.5. The van der Waals surface area contributed by atoms with Gasteiger partial charge in [-0.3, -0.25) is 0 Å². The van der Waals surface area contributed by atoms with Crippen molar-refractivity contribution < 1.29 is 18.3 Å². The molecular formula is C25H25F2N5O2. The molecule has 0 aliphatic heterocycles. The number of rotatable bonds is 5. The number of nitriles is 1. The fourth-order valence-electron chi connectivity index (χ4n) is 3.17. The fourth-order valence-corrected chi connectivity index (χ4v) is 3.17. The lowest BCUT2D eigenvalue weighted by atomic mass is 9.93. The number of amides is 1. The number of hydrogen-bond donors (Lipinski definition) is 2. The Morgan fingerprint density at radius 2 is 1.65 bits per heavy atom. The van der Waals surface area contributed by atoms with Gasteiger partial charge in [-0.1, -0.05) is 24.3 Å². The van der Waals surface area contributed by atoms with Crippen molar-refractivity contribution in [1.29, 1.82) is 5.26 Å². The maximum atomic E-state index is 13.5. The molecule has 176 valence electrons. The summed E-state index contributed by atoms with van der Waals surface area (Å²) in [6.45, 7) is 9.05. The van der Waals surface area contributed by atoms with Crippen LogP contribution in [-0.2, 0) is 10.3 Å². The van der Waals surface area contributed by atoms with Crippen LogP contribution in [0, 0.1) is 23.0 Å². The predicted octanol–water partition coefficient (Wildman–Crippen LogP) is 5.80. The van der Waals surface area contributed by atoms with Gasteiger partial charge in [-0.2, -0.15) is 5.26 Å². The van der Waals surface area contributed by atoms with E-state index in [0.717, 1.165) is 23.8 Å². The number of aromatic nitrogens is 2. The largest absolute Gasteiger partial charge is 0.444 e. The molecule has 0 atom stereocenters. The van der Waals surface area contributed by atoms with E-state index in [2.05, 4.69) is 20.6 Å². The molecule has 3 aromatic rings. The van der Waals surface area contributed by atoms with E-state index in [0.29, 0.717) is 11.3 Å². The maximum absolute atomic E-state index is 13.5. The number of alkyl carbamates (subject to hydrolysis) is 1. The molecule has 0 aliphatic rings. The summed E-state index contributed by atoms with van der Waals surface area (Å²) in [7, 11) is 0. The molecule has 7 nitrogen and oxygen atoms in total. The van der Waals surface area contributed by atoms with Crippen LogP contribution in [0.25, 0.3) is 11.3 Å². The van der Waals surface area contributed by atoms with Crippen LogP contribution >= 0.6 is 0 Å². The number of anilines is 2. The highest BCUT2D eigenvalue weighted by molar-refractivity contribution is 5.70. The highest BCUT2D eigenvalue weighted by atomic mass is 19.1. The first-order valence-electron chi connectivity index (χ1n) is 10.5. The standard InChI is InChI=1S/C25H25F2N5O2/c1-24(2,3)34-23(33)32-25(4,5)17-8-6-15(7-9-17)21-16(13-28)14-29-22(31-21)30-20-11-18(26)10-19(27)12-20/h6-12,14H,1-5H3,(H,32,33)(H,29,30,31). The molecule has 0 spiro atoms. The normalized spacial score (nSPS) is 11.5. The predicted molar refractivity (Wildman–Crippen MR) is 124 cm³/mol. The van der Waals surface area contributed by atoms with E-state index < -0.39 is 28.9 Å². The van der Waals surface area contributed by atoms with E-state index >= 15 is 0 Å². The van der Waals surface area contributed by atoms with Gasteiger partial charge in [0, 0.05) is 17.3 Å². The summed E-state index contributed by atoms with van der Waals surface area (Å²) in [6, 6.07) is 12.2. The molecule has 0 saturated heterocycles. The Labute approximate surface area is 196 Å². The number of nitrogens with zero attached hydrogens (tertiary/aromatic N) is 3. The van der Waals surface area contributed by atoms with Crippen molar-refractivity contribution in [2.24, 2.45) is 0 Å². The average molecular weight is 466 g/mol. The number of hydrogen-bond acceptors (Lipinski definition) is 6. The molecule has 0 saturated carbocycles. The van der Waals surface area contributed by atoms with E-state index in [1.54, 1.807) is 32.9 Å². The van der Waals surface area contributed by atoms with Gasteiger partial charge in [0.25, 0.3) is 0 Å². The molecular weight excluding hydrogens is 440 g/mol. The number of benzene rings is 2. The molecule has 2 aromatic carbocycles. The SMILES string of the molecule is CC(C)(C)OC(=O)NC(C)(C)c1ccc(-c2nc(Nc3cc(F)cc(F)c3)ncc2C#N)cc1. The van der Waals surface area contributed by atoms with E-state index in [9.17, 15) is 18.8 Å². The summed E-state index contributed by atoms with van der Waals surface area (Å²) >= 11 is 0. The Kier molecular flexibility index (Phi) is 6.82. The fraction of sp³-hybridized carbons (Fsp3) is 0.280. The Balaban J connectivity index is 1.86. The van der Waals surface area contributed by atoms with Crippen molar-refractivity contribution in [3.8, 4) is 17.3 Å². The third-order valence-electron chi connectivity index (χ3n) is 4.72. The van der Waals surface area contributed by atoms with Crippen LogP contribution in [0.4, 0.5) is 25.2 Å². The van der Waals surface area contributed by atoms with Crippen LogP contribution in [0.5, 0.6) is 0 Å². The van der Waals surface area contributed by atoms with Gasteiger partial charge in [-0.25, -0.2) is 23.5 Å². The minimum Gasteiger partial charge on any atom is -0.444 e. The van der Waals surface area contributed by atoms with Gasteiger partial charge in [-0.15, -0.1) is 0 Å². The number of carbonyl (C=O) groups is 1. The summed E-state index contributed by atoms with van der Waals surface area (Å²) in [4.78, 5) is 20.6. The third-order valence-corrected chi connectivity index (χ3v) is 4.72. The van der Waals surface area contributed by atoms with Crippen LogP contribution in [0.2, 0.25) is 0 Å². The van der Waals surface area contributed by atoms with E-state index in [-0.39, 0.29) is 17.2 Å². The van der Waals surface area contributed by atoms with Crippen molar-refractivity contribution in [2.75, 3.05) is 5.32 Å². The molecule has 34 heavy (non-hydrogen) atoms. The van der Waals surface area contributed by atoms with Crippen molar-refractivity contribution in [3.05, 3.63) is 71.4 Å². The minimum atomic E-state index is -0.741. The summed E-state index contributed by atoms with van der Waals surface area (Å²) in [6.07, 6.45) is 0.802. The van der Waals surface area contributed by atoms with Gasteiger partial charge in [0.15, 0.2) is 0 Å². The van der Waals surface area contributed by atoms with Gasteiger partial charge in [0.2, 0.25) is 5.95 Å². The zero-order valence-electron chi connectivity index (χ0n) is 19.5. The lowest BCUT2D eigenvalue weighted by Gasteiger charge is -2.29. The van der Waals surface area contributed by atoms with Gasteiger partial charge < -0.3 is 15.4 Å². The van der Waals surface area contributed by atoms with Crippen molar-refractivity contribution >= 4 is 17.7 Å². The van der Waals surface area contributed by atoms with Crippen LogP contribution in [-0.4, -0.2) is 21.7 Å². The molecule has 0 fully saturated rings. The first kappa shape index (κ1) is 24.6. The zero-order chi connectivity index (χ0) is 25.1. The molecule has 2 N–H and O–H groups in total. The maximum Gasteiger partial charge on any atom is 0.408 e. The molecule has 1 amide bonds. The second-order valence-electron chi connectivity index (χ2n) is 9.18. The Morgan fingerprint density at radius 3 is 2.21 bits per heavy atom. The third kappa shape index (κ3) is 6.25. The number of carbonyl (C=O) groups excluding carboxylic acids is 1. The number of halogens is 2.